The molecule has 0 aromatic carbocycles. The van der Waals surface area contributed by atoms with Crippen molar-refractivity contribution < 1.29 is 9.53 Å². The topological polar surface area (TPSA) is 56.1 Å². The molecule has 14 heavy (non-hydrogen) atoms. The van der Waals surface area contributed by atoms with Crippen molar-refractivity contribution in [2.24, 2.45) is 0 Å². The van der Waals surface area contributed by atoms with E-state index in [2.05, 4.69) is 10.3 Å². The van der Waals surface area contributed by atoms with E-state index >= 15 is 0 Å². The van der Waals surface area contributed by atoms with E-state index in [1.165, 1.54) is 10.9 Å². The first-order valence-electron chi connectivity index (χ1n) is 4.73. The van der Waals surface area contributed by atoms with Crippen LogP contribution in [0.15, 0.2) is 18.7 Å². The Kier molecular flexibility index (Phi) is 2.78. The smallest absolute Gasteiger partial charge is 0.327 e. The maximum absolute atomic E-state index is 11.5. The van der Waals surface area contributed by atoms with Gasteiger partial charge in [0.05, 0.1) is 12.6 Å². The lowest BCUT2D eigenvalue weighted by molar-refractivity contribution is 0.0733. The predicted octanol–water partition coefficient (Wildman–Crippen LogP) is 0.620. The second-order valence-electron chi connectivity index (χ2n) is 3.33. The van der Waals surface area contributed by atoms with Crippen LogP contribution < -0.4 is 5.32 Å². The second kappa shape index (κ2) is 4.23. The molecule has 5 nitrogen and oxygen atoms in total. The number of rotatable bonds is 1. The van der Waals surface area contributed by atoms with Gasteiger partial charge < -0.3 is 10.1 Å². The Bertz CT molecular complexity index is 291. The van der Waals surface area contributed by atoms with Gasteiger partial charge in [-0.05, 0) is 12.8 Å². The van der Waals surface area contributed by atoms with Crippen LogP contribution in [-0.4, -0.2) is 34.8 Å². The highest BCUT2D eigenvalue weighted by Crippen LogP contribution is 2.05. The summed E-state index contributed by atoms with van der Waals surface area (Å²) in [6.45, 7) is 1.41. The van der Waals surface area contributed by atoms with Crippen molar-refractivity contribution in [3.8, 4) is 0 Å². The number of hydrogen-bond donors (Lipinski definition) is 1. The molecule has 1 aliphatic rings. The molecule has 1 atom stereocenters. The van der Waals surface area contributed by atoms with E-state index in [0.717, 1.165) is 19.4 Å². The zero-order valence-corrected chi connectivity index (χ0v) is 7.85. The molecule has 5 heteroatoms. The first-order chi connectivity index (χ1) is 6.86. The molecule has 1 saturated heterocycles. The first-order valence-corrected chi connectivity index (χ1v) is 4.73. The lowest BCUT2D eigenvalue weighted by Crippen LogP contribution is -2.42. The largest absolute Gasteiger partial charge is 0.379 e. The molecule has 1 unspecified atom stereocenters. The highest BCUT2D eigenvalue weighted by atomic mass is 16.5. The van der Waals surface area contributed by atoms with Crippen molar-refractivity contribution in [1.82, 2.24) is 14.9 Å². The predicted molar refractivity (Wildman–Crippen MR) is 50.0 cm³/mol. The van der Waals surface area contributed by atoms with Crippen LogP contribution in [0.2, 0.25) is 0 Å². The van der Waals surface area contributed by atoms with E-state index in [-0.39, 0.29) is 12.1 Å². The third-order valence-electron chi connectivity index (χ3n) is 2.23. The Morgan fingerprint density at radius 1 is 1.64 bits per heavy atom. The number of carbonyl (C=O) groups excluding carboxylic acids is 1. The van der Waals surface area contributed by atoms with Crippen LogP contribution in [0.25, 0.3) is 0 Å². The Morgan fingerprint density at radius 3 is 3.21 bits per heavy atom. The summed E-state index contributed by atoms with van der Waals surface area (Å²) in [5, 5.41) is 2.88. The van der Waals surface area contributed by atoms with E-state index in [9.17, 15) is 4.79 Å². The maximum atomic E-state index is 11.5. The Hall–Kier alpha value is -1.36. The van der Waals surface area contributed by atoms with Crippen LogP contribution in [0.1, 0.15) is 12.8 Å². The van der Waals surface area contributed by atoms with Gasteiger partial charge in [-0.1, -0.05) is 0 Å². The molecule has 0 bridgehead atoms. The molecule has 2 heterocycles. The van der Waals surface area contributed by atoms with Crippen molar-refractivity contribution >= 4 is 6.03 Å². The van der Waals surface area contributed by atoms with Gasteiger partial charge in [-0.25, -0.2) is 9.78 Å². The van der Waals surface area contributed by atoms with Gasteiger partial charge in [0.2, 0.25) is 0 Å². The van der Waals surface area contributed by atoms with Crippen LogP contribution in [0.3, 0.4) is 0 Å². The van der Waals surface area contributed by atoms with E-state index in [1.807, 2.05) is 0 Å². The lowest BCUT2D eigenvalue weighted by Gasteiger charge is -2.22. The SMILES string of the molecule is O=C(NC1CCCOC1)n1ccnc1. The van der Waals surface area contributed by atoms with Crippen LogP contribution in [0, 0.1) is 0 Å². The summed E-state index contributed by atoms with van der Waals surface area (Å²) in [4.78, 5) is 15.3. The molecular formula is C9H13N3O2. The lowest BCUT2D eigenvalue weighted by atomic mass is 10.1. The first kappa shape index (κ1) is 9.21. The van der Waals surface area contributed by atoms with E-state index < -0.39 is 0 Å². The van der Waals surface area contributed by atoms with Gasteiger partial charge in [0.1, 0.15) is 6.33 Å². The second-order valence-corrected chi connectivity index (χ2v) is 3.33. The molecule has 1 fully saturated rings. The summed E-state index contributed by atoms with van der Waals surface area (Å²) in [5.41, 5.74) is 0. The van der Waals surface area contributed by atoms with E-state index in [1.54, 1.807) is 12.4 Å². The number of imidazole rings is 1. The number of carbonyl (C=O) groups is 1. The van der Waals surface area contributed by atoms with Gasteiger partial charge in [0, 0.05) is 19.0 Å². The van der Waals surface area contributed by atoms with Crippen LogP contribution in [0.4, 0.5) is 4.79 Å². The molecule has 0 saturated carbocycles. The van der Waals surface area contributed by atoms with Crippen molar-refractivity contribution in [1.29, 1.82) is 0 Å². The van der Waals surface area contributed by atoms with E-state index in [4.69, 9.17) is 4.74 Å². The van der Waals surface area contributed by atoms with Crippen molar-refractivity contribution in [3.05, 3.63) is 18.7 Å². The molecule has 0 spiro atoms. The highest BCUT2D eigenvalue weighted by molar-refractivity contribution is 5.76. The number of amides is 1. The van der Waals surface area contributed by atoms with Gasteiger partial charge in [-0.3, -0.25) is 4.57 Å². The minimum atomic E-state index is -0.141. The van der Waals surface area contributed by atoms with Crippen molar-refractivity contribution in [2.45, 2.75) is 18.9 Å². The average molecular weight is 195 g/mol. The van der Waals surface area contributed by atoms with Crippen molar-refractivity contribution in [3.63, 3.8) is 0 Å². The summed E-state index contributed by atoms with van der Waals surface area (Å²) >= 11 is 0. The Morgan fingerprint density at radius 2 is 2.57 bits per heavy atom. The molecule has 2 rings (SSSR count). The van der Waals surface area contributed by atoms with Crippen LogP contribution in [-0.2, 0) is 4.74 Å². The summed E-state index contributed by atoms with van der Waals surface area (Å²) in [5.74, 6) is 0. The molecule has 0 aliphatic carbocycles. The van der Waals surface area contributed by atoms with Gasteiger partial charge in [0.25, 0.3) is 0 Å². The average Bonchev–Trinajstić information content (AvgIpc) is 2.72. The Labute approximate surface area is 82.1 Å². The summed E-state index contributed by atoms with van der Waals surface area (Å²) in [6.07, 6.45) is 6.68. The Balaban J connectivity index is 1.87. The number of nitrogens with zero attached hydrogens (tertiary/aromatic N) is 2. The minimum absolute atomic E-state index is 0.138. The normalized spacial score (nSPS) is 21.9. The summed E-state index contributed by atoms with van der Waals surface area (Å²) in [6, 6.07) is -0.00310. The fourth-order valence-corrected chi connectivity index (χ4v) is 1.48. The zero-order valence-electron chi connectivity index (χ0n) is 7.85. The number of hydrogen-bond acceptors (Lipinski definition) is 3. The van der Waals surface area contributed by atoms with Gasteiger partial charge >= 0.3 is 6.03 Å². The molecule has 1 amide bonds. The summed E-state index contributed by atoms with van der Waals surface area (Å²) in [7, 11) is 0. The third-order valence-corrected chi connectivity index (χ3v) is 2.23. The molecular weight excluding hydrogens is 182 g/mol. The fourth-order valence-electron chi connectivity index (χ4n) is 1.48. The molecule has 1 aromatic rings. The standard InChI is InChI=1S/C9H13N3O2/c13-9(12-4-3-10-7-12)11-8-2-1-5-14-6-8/h3-4,7-8H,1-2,5-6H2,(H,11,13). The third kappa shape index (κ3) is 2.11. The van der Waals surface area contributed by atoms with E-state index in [0.29, 0.717) is 6.61 Å². The molecule has 1 N–H and O–H groups in total. The van der Waals surface area contributed by atoms with Gasteiger partial charge in [-0.15, -0.1) is 0 Å². The molecule has 1 aliphatic heterocycles. The summed E-state index contributed by atoms with van der Waals surface area (Å²) < 4.78 is 6.69. The fraction of sp³-hybridized carbons (Fsp3) is 0.556. The van der Waals surface area contributed by atoms with Gasteiger partial charge in [0.15, 0.2) is 0 Å². The van der Waals surface area contributed by atoms with Crippen LogP contribution in [0.5, 0.6) is 0 Å². The zero-order chi connectivity index (χ0) is 9.80. The van der Waals surface area contributed by atoms with Crippen LogP contribution >= 0.6 is 0 Å². The molecule has 0 radical (unpaired) electrons. The monoisotopic (exact) mass is 195 g/mol. The number of nitrogens with one attached hydrogen (secondary N) is 1. The quantitative estimate of drug-likeness (QED) is 0.714. The number of ether oxygens (including phenoxy) is 1. The van der Waals surface area contributed by atoms with Gasteiger partial charge in [-0.2, -0.15) is 0 Å². The highest BCUT2D eigenvalue weighted by Gasteiger charge is 2.16. The maximum Gasteiger partial charge on any atom is 0.327 e. The van der Waals surface area contributed by atoms with Crippen molar-refractivity contribution in [2.75, 3.05) is 13.2 Å². The molecule has 1 aromatic heterocycles. The number of aromatic nitrogens is 2. The minimum Gasteiger partial charge on any atom is -0.379 e. The molecule has 76 valence electrons.